The predicted molar refractivity (Wildman–Crippen MR) is 131 cm³/mol. The van der Waals surface area contributed by atoms with E-state index in [0.29, 0.717) is 22.5 Å². The Hall–Kier alpha value is -4.00. The summed E-state index contributed by atoms with van der Waals surface area (Å²) >= 11 is 0. The Morgan fingerprint density at radius 1 is 1.00 bits per heavy atom. The molecule has 1 N–H and O–H groups in total. The first-order valence-electron chi connectivity index (χ1n) is 10.9. The smallest absolute Gasteiger partial charge is 0.416 e. The fraction of sp³-hybridized carbons (Fsp3) is 0.179. The number of aryl methyl sites for hydroxylation is 2. The number of hydrogen-bond acceptors (Lipinski definition) is 3. The molecule has 0 aliphatic rings. The second-order valence-corrected chi connectivity index (χ2v) is 8.41. The summed E-state index contributed by atoms with van der Waals surface area (Å²) < 4.78 is 49.6. The van der Waals surface area contributed by atoms with Crippen LogP contribution in [0.5, 0.6) is 5.75 Å². The Morgan fingerprint density at radius 2 is 1.71 bits per heavy atom. The second-order valence-electron chi connectivity index (χ2n) is 8.41. The lowest BCUT2D eigenvalue weighted by molar-refractivity contribution is -0.137. The minimum absolute atomic E-state index is 0.265. The number of carbonyl (C=O) groups is 1. The molecule has 4 nitrogen and oxygen atoms in total. The standard InChI is InChI=1S/C28H24F3NO3/c1-16-5-10-21(17(2)11-16)24-15-35-26-14-25(34-4)22(13-23(24)26)18(3)12-27(33)32-20-8-6-19(7-9-20)28(29,30)31/h5-15H,1-4H3,(H,32,33)/b18-12+. The molecule has 0 saturated heterocycles. The first-order valence-corrected chi connectivity index (χ1v) is 10.9. The van der Waals surface area contributed by atoms with Crippen molar-refractivity contribution < 1.29 is 27.1 Å². The molecule has 180 valence electrons. The first kappa shape index (κ1) is 24.1. The average Bonchev–Trinajstić information content (AvgIpc) is 3.20. The molecule has 0 fully saturated rings. The summed E-state index contributed by atoms with van der Waals surface area (Å²) in [6.45, 7) is 5.85. The molecule has 35 heavy (non-hydrogen) atoms. The normalized spacial score (nSPS) is 12.1. The van der Waals surface area contributed by atoms with Gasteiger partial charge in [0, 0.05) is 34.3 Å². The van der Waals surface area contributed by atoms with Crippen LogP contribution in [0.4, 0.5) is 18.9 Å². The number of ether oxygens (including phenoxy) is 1. The summed E-state index contributed by atoms with van der Waals surface area (Å²) in [5.41, 5.74) is 5.74. The van der Waals surface area contributed by atoms with Gasteiger partial charge < -0.3 is 14.5 Å². The van der Waals surface area contributed by atoms with Gasteiger partial charge in [0.1, 0.15) is 11.3 Å². The topological polar surface area (TPSA) is 51.5 Å². The van der Waals surface area contributed by atoms with Gasteiger partial charge in [0.15, 0.2) is 0 Å². The second kappa shape index (κ2) is 9.33. The van der Waals surface area contributed by atoms with Crippen molar-refractivity contribution in [2.75, 3.05) is 12.4 Å². The van der Waals surface area contributed by atoms with E-state index in [2.05, 4.69) is 17.4 Å². The van der Waals surface area contributed by atoms with E-state index >= 15 is 0 Å². The molecule has 0 saturated carbocycles. The van der Waals surface area contributed by atoms with Gasteiger partial charge in [-0.2, -0.15) is 13.2 Å². The highest BCUT2D eigenvalue weighted by Crippen LogP contribution is 2.38. The van der Waals surface area contributed by atoms with Crippen molar-refractivity contribution in [3.63, 3.8) is 0 Å². The number of alkyl halides is 3. The molecule has 0 aliphatic heterocycles. The van der Waals surface area contributed by atoms with Gasteiger partial charge in [-0.25, -0.2) is 0 Å². The molecule has 0 aliphatic carbocycles. The molecule has 1 heterocycles. The maximum Gasteiger partial charge on any atom is 0.416 e. The summed E-state index contributed by atoms with van der Waals surface area (Å²) in [5, 5.41) is 3.48. The van der Waals surface area contributed by atoms with Crippen molar-refractivity contribution in [1.29, 1.82) is 0 Å². The van der Waals surface area contributed by atoms with E-state index in [1.807, 2.05) is 26.0 Å². The van der Waals surface area contributed by atoms with Crippen LogP contribution in [-0.2, 0) is 11.0 Å². The minimum Gasteiger partial charge on any atom is -0.496 e. The lowest BCUT2D eigenvalue weighted by Crippen LogP contribution is -2.10. The highest BCUT2D eigenvalue weighted by molar-refractivity contribution is 6.05. The fourth-order valence-electron chi connectivity index (χ4n) is 4.05. The van der Waals surface area contributed by atoms with Crippen molar-refractivity contribution in [2.24, 2.45) is 0 Å². The number of allylic oxidation sites excluding steroid dienone is 1. The molecule has 0 bridgehead atoms. The van der Waals surface area contributed by atoms with E-state index in [4.69, 9.17) is 9.15 Å². The molecular weight excluding hydrogens is 455 g/mol. The number of halogens is 3. The predicted octanol–water partition coefficient (Wildman–Crippen LogP) is 7.79. The number of hydrogen-bond donors (Lipinski definition) is 1. The Labute approximate surface area is 201 Å². The molecule has 1 amide bonds. The van der Waals surface area contributed by atoms with Crippen LogP contribution in [0, 0.1) is 13.8 Å². The maximum atomic E-state index is 12.8. The van der Waals surface area contributed by atoms with Crippen molar-refractivity contribution >= 4 is 28.1 Å². The molecule has 4 aromatic rings. The van der Waals surface area contributed by atoms with Crippen LogP contribution in [0.3, 0.4) is 0 Å². The molecule has 7 heteroatoms. The zero-order chi connectivity index (χ0) is 25.3. The van der Waals surface area contributed by atoms with Crippen LogP contribution in [0.1, 0.15) is 29.2 Å². The molecule has 0 radical (unpaired) electrons. The summed E-state index contributed by atoms with van der Waals surface area (Å²) in [6.07, 6.45) is -1.34. The van der Waals surface area contributed by atoms with Gasteiger partial charge in [0.05, 0.1) is 18.9 Å². The number of rotatable bonds is 5. The maximum absolute atomic E-state index is 12.8. The fourth-order valence-corrected chi connectivity index (χ4v) is 4.05. The molecule has 1 aromatic heterocycles. The van der Waals surface area contributed by atoms with E-state index in [1.165, 1.54) is 30.9 Å². The van der Waals surface area contributed by atoms with Crippen LogP contribution in [-0.4, -0.2) is 13.0 Å². The molecule has 0 atom stereocenters. The number of amides is 1. The first-order chi connectivity index (χ1) is 16.6. The third-order valence-corrected chi connectivity index (χ3v) is 5.82. The lowest BCUT2D eigenvalue weighted by Gasteiger charge is -2.11. The molecule has 0 spiro atoms. The van der Waals surface area contributed by atoms with Gasteiger partial charge in [-0.15, -0.1) is 0 Å². The van der Waals surface area contributed by atoms with E-state index in [9.17, 15) is 18.0 Å². The summed E-state index contributed by atoms with van der Waals surface area (Å²) in [4.78, 5) is 12.6. The van der Waals surface area contributed by atoms with E-state index < -0.39 is 17.6 Å². The third kappa shape index (κ3) is 5.09. The number of fused-ring (bicyclic) bond motifs is 1. The van der Waals surface area contributed by atoms with E-state index in [-0.39, 0.29) is 5.69 Å². The van der Waals surface area contributed by atoms with E-state index in [0.717, 1.165) is 34.2 Å². The van der Waals surface area contributed by atoms with Crippen molar-refractivity contribution in [1.82, 2.24) is 0 Å². The van der Waals surface area contributed by atoms with Crippen LogP contribution in [0.25, 0.3) is 27.7 Å². The van der Waals surface area contributed by atoms with Crippen LogP contribution >= 0.6 is 0 Å². The zero-order valence-corrected chi connectivity index (χ0v) is 19.7. The van der Waals surface area contributed by atoms with Crippen LogP contribution < -0.4 is 10.1 Å². The monoisotopic (exact) mass is 479 g/mol. The van der Waals surface area contributed by atoms with Gasteiger partial charge in [-0.1, -0.05) is 23.8 Å². The van der Waals surface area contributed by atoms with Crippen molar-refractivity contribution in [3.05, 3.63) is 89.2 Å². The molecule has 3 aromatic carbocycles. The summed E-state index contributed by atoms with van der Waals surface area (Å²) in [6, 6.07) is 14.2. The number of carbonyl (C=O) groups excluding carboxylic acids is 1. The van der Waals surface area contributed by atoms with Gasteiger partial charge in [-0.05, 0) is 67.8 Å². The zero-order valence-electron chi connectivity index (χ0n) is 19.7. The number of nitrogens with one attached hydrogen (secondary N) is 1. The number of methoxy groups -OCH3 is 1. The highest BCUT2D eigenvalue weighted by Gasteiger charge is 2.30. The van der Waals surface area contributed by atoms with Gasteiger partial charge in [0.25, 0.3) is 0 Å². The average molecular weight is 479 g/mol. The highest BCUT2D eigenvalue weighted by atomic mass is 19.4. The molecule has 0 unspecified atom stereocenters. The Bertz CT molecular complexity index is 1430. The lowest BCUT2D eigenvalue weighted by atomic mass is 9.96. The minimum atomic E-state index is -4.43. The van der Waals surface area contributed by atoms with Gasteiger partial charge in [0.2, 0.25) is 5.91 Å². The quantitative estimate of drug-likeness (QED) is 0.297. The molecule has 4 rings (SSSR count). The van der Waals surface area contributed by atoms with Crippen LogP contribution in [0.15, 0.2) is 71.4 Å². The Morgan fingerprint density at radius 3 is 2.34 bits per heavy atom. The largest absolute Gasteiger partial charge is 0.496 e. The van der Waals surface area contributed by atoms with E-state index in [1.54, 1.807) is 19.3 Å². The Balaban J connectivity index is 1.66. The molecular formula is C28H24F3NO3. The SMILES string of the molecule is COc1cc2occ(-c3ccc(C)cc3C)c2cc1/C(C)=C/C(=O)Nc1ccc(C(F)(F)F)cc1. The van der Waals surface area contributed by atoms with Crippen molar-refractivity contribution in [3.8, 4) is 16.9 Å². The van der Waals surface area contributed by atoms with Crippen molar-refractivity contribution in [2.45, 2.75) is 26.9 Å². The number of furan rings is 1. The van der Waals surface area contributed by atoms with Crippen LogP contribution in [0.2, 0.25) is 0 Å². The van der Waals surface area contributed by atoms with Gasteiger partial charge in [-0.3, -0.25) is 4.79 Å². The number of benzene rings is 3. The summed E-state index contributed by atoms with van der Waals surface area (Å²) in [5.74, 6) is 0.0707. The number of anilines is 1. The van der Waals surface area contributed by atoms with Gasteiger partial charge >= 0.3 is 6.18 Å². The third-order valence-electron chi connectivity index (χ3n) is 5.82. The Kier molecular flexibility index (Phi) is 6.43. The summed E-state index contributed by atoms with van der Waals surface area (Å²) in [7, 11) is 1.54.